The molecule has 2 fully saturated rings. The first-order valence-electron chi connectivity index (χ1n) is 9.26. The number of rotatable bonds is 6. The Kier molecular flexibility index (Phi) is 4.84. The Morgan fingerprint density at radius 2 is 2.00 bits per heavy atom. The number of carbonyl (C=O) groups excluding carboxylic acids is 1. The van der Waals surface area contributed by atoms with Crippen molar-refractivity contribution in [3.05, 3.63) is 47.3 Å². The summed E-state index contributed by atoms with van der Waals surface area (Å²) in [4.78, 5) is 13.5. The lowest BCUT2D eigenvalue weighted by molar-refractivity contribution is 0.0947. The van der Waals surface area contributed by atoms with E-state index in [1.165, 1.54) is 44.2 Å². The zero-order valence-corrected chi connectivity index (χ0v) is 15.5. The molecule has 132 valence electrons. The highest BCUT2D eigenvalue weighted by atomic mass is 32.2. The molecule has 0 aliphatic heterocycles. The van der Waals surface area contributed by atoms with Crippen molar-refractivity contribution in [3.63, 3.8) is 0 Å². The summed E-state index contributed by atoms with van der Waals surface area (Å²) in [6, 6.07) is 10.5. The molecule has 4 nitrogen and oxygen atoms in total. The van der Waals surface area contributed by atoms with E-state index in [-0.39, 0.29) is 5.91 Å². The minimum absolute atomic E-state index is 0.0201. The minimum Gasteiger partial charge on any atom is -0.346 e. The monoisotopic (exact) mass is 355 g/mol. The smallest absolute Gasteiger partial charge is 0.252 e. The number of nitrogens with zero attached hydrogens (tertiary/aromatic N) is 2. The Morgan fingerprint density at radius 3 is 2.72 bits per heavy atom. The topological polar surface area (TPSA) is 46.9 Å². The van der Waals surface area contributed by atoms with Gasteiger partial charge < -0.3 is 5.32 Å². The Balaban J connectivity index is 1.47. The van der Waals surface area contributed by atoms with Crippen LogP contribution in [0.5, 0.6) is 0 Å². The fourth-order valence-corrected chi connectivity index (χ4v) is 4.37. The quantitative estimate of drug-likeness (QED) is 0.775. The summed E-state index contributed by atoms with van der Waals surface area (Å²) < 4.78 is 2.28. The van der Waals surface area contributed by atoms with Crippen molar-refractivity contribution in [1.29, 1.82) is 0 Å². The number of nitrogens with one attached hydrogen (secondary N) is 1. The molecule has 25 heavy (non-hydrogen) atoms. The van der Waals surface area contributed by atoms with E-state index in [2.05, 4.69) is 16.1 Å². The van der Waals surface area contributed by atoms with E-state index in [1.54, 1.807) is 11.8 Å². The fraction of sp³-hybridized carbons (Fsp3) is 0.500. The largest absolute Gasteiger partial charge is 0.346 e. The molecule has 2 aliphatic rings. The van der Waals surface area contributed by atoms with Gasteiger partial charge in [-0.2, -0.15) is 5.10 Å². The number of hydrogen-bond acceptors (Lipinski definition) is 3. The van der Waals surface area contributed by atoms with Crippen molar-refractivity contribution in [2.45, 2.75) is 61.9 Å². The summed E-state index contributed by atoms with van der Waals surface area (Å²) in [5, 5.41) is 7.91. The van der Waals surface area contributed by atoms with Crippen LogP contribution in [0.15, 0.2) is 35.2 Å². The molecule has 1 aromatic carbocycles. The van der Waals surface area contributed by atoms with Gasteiger partial charge in [0.05, 0.1) is 23.8 Å². The van der Waals surface area contributed by atoms with E-state index >= 15 is 0 Å². The zero-order valence-electron chi connectivity index (χ0n) is 14.7. The second-order valence-electron chi connectivity index (χ2n) is 7.10. The second-order valence-corrected chi connectivity index (χ2v) is 7.95. The molecule has 1 N–H and O–H groups in total. The molecule has 1 aromatic heterocycles. The molecule has 5 heteroatoms. The first-order valence-corrected chi connectivity index (χ1v) is 10.5. The van der Waals surface area contributed by atoms with E-state index < -0.39 is 0 Å². The van der Waals surface area contributed by atoms with Crippen LogP contribution in [0, 0.1) is 0 Å². The van der Waals surface area contributed by atoms with Gasteiger partial charge in [-0.3, -0.25) is 9.48 Å². The van der Waals surface area contributed by atoms with Crippen LogP contribution in [0.25, 0.3) is 0 Å². The highest BCUT2D eigenvalue weighted by Crippen LogP contribution is 2.43. The van der Waals surface area contributed by atoms with Gasteiger partial charge in [0.2, 0.25) is 0 Å². The fourth-order valence-electron chi connectivity index (χ4n) is 3.77. The summed E-state index contributed by atoms with van der Waals surface area (Å²) in [6.07, 6.45) is 9.68. The summed E-state index contributed by atoms with van der Waals surface area (Å²) >= 11 is 1.60. The van der Waals surface area contributed by atoms with Gasteiger partial charge in [0.15, 0.2) is 0 Å². The Hall–Kier alpha value is -1.75. The van der Waals surface area contributed by atoms with Gasteiger partial charge in [-0.1, -0.05) is 25.0 Å². The molecule has 2 saturated carbocycles. The maximum absolute atomic E-state index is 12.5. The van der Waals surface area contributed by atoms with Crippen molar-refractivity contribution in [2.24, 2.45) is 0 Å². The SMILES string of the molecule is CSc1ccccc1C(=O)NCc1cc(C2CC2)n(C2CCCC2)n1. The number of hydrogen-bond donors (Lipinski definition) is 1. The maximum Gasteiger partial charge on any atom is 0.252 e. The first kappa shape index (κ1) is 16.7. The van der Waals surface area contributed by atoms with Crippen molar-refractivity contribution >= 4 is 17.7 Å². The summed E-state index contributed by atoms with van der Waals surface area (Å²) in [6.45, 7) is 0.501. The van der Waals surface area contributed by atoms with Gasteiger partial charge in [0, 0.05) is 16.5 Å². The summed E-state index contributed by atoms with van der Waals surface area (Å²) in [7, 11) is 0. The number of thioether (sulfide) groups is 1. The van der Waals surface area contributed by atoms with Crippen LogP contribution in [0.2, 0.25) is 0 Å². The average molecular weight is 356 g/mol. The molecule has 0 saturated heterocycles. The third-order valence-corrected chi connectivity index (χ3v) is 6.06. The van der Waals surface area contributed by atoms with Crippen LogP contribution < -0.4 is 5.32 Å². The number of benzene rings is 1. The Morgan fingerprint density at radius 1 is 1.24 bits per heavy atom. The Bertz CT molecular complexity index is 760. The standard InChI is InChI=1S/C20H25N3OS/c1-25-19-9-5-4-8-17(19)20(24)21-13-15-12-18(14-10-11-14)23(22-15)16-6-2-3-7-16/h4-5,8-9,12,14,16H,2-3,6-7,10-11,13H2,1H3,(H,21,24). The van der Waals surface area contributed by atoms with Crippen LogP contribution >= 0.6 is 11.8 Å². The van der Waals surface area contributed by atoms with E-state index in [1.807, 2.05) is 30.5 Å². The first-order chi connectivity index (χ1) is 12.3. The predicted molar refractivity (Wildman–Crippen MR) is 101 cm³/mol. The minimum atomic E-state index is -0.0201. The second kappa shape index (κ2) is 7.24. The van der Waals surface area contributed by atoms with Gasteiger partial charge in [-0.15, -0.1) is 11.8 Å². The number of carbonyl (C=O) groups is 1. The molecular formula is C20H25N3OS. The number of amides is 1. The molecule has 1 amide bonds. The molecule has 0 spiro atoms. The van der Waals surface area contributed by atoms with Gasteiger partial charge in [0.1, 0.15) is 0 Å². The highest BCUT2D eigenvalue weighted by molar-refractivity contribution is 7.98. The molecule has 0 unspecified atom stereocenters. The van der Waals surface area contributed by atoms with Crippen LogP contribution in [0.1, 0.15) is 72.2 Å². The molecule has 2 aliphatic carbocycles. The average Bonchev–Trinajstić information content (AvgIpc) is 3.18. The lowest BCUT2D eigenvalue weighted by Gasteiger charge is -2.13. The molecule has 2 aromatic rings. The van der Waals surface area contributed by atoms with Crippen molar-refractivity contribution in [2.75, 3.05) is 6.26 Å². The molecular weight excluding hydrogens is 330 g/mol. The van der Waals surface area contributed by atoms with Crippen LogP contribution in [0.3, 0.4) is 0 Å². The maximum atomic E-state index is 12.5. The van der Waals surface area contributed by atoms with Gasteiger partial charge in [0.25, 0.3) is 5.91 Å². The molecule has 4 rings (SSSR count). The Labute approximate surface area is 153 Å². The number of aromatic nitrogens is 2. The van der Waals surface area contributed by atoms with Gasteiger partial charge in [-0.05, 0) is 50.1 Å². The molecule has 1 heterocycles. The third-order valence-electron chi connectivity index (χ3n) is 5.26. The van der Waals surface area contributed by atoms with Crippen molar-refractivity contribution < 1.29 is 4.79 Å². The van der Waals surface area contributed by atoms with E-state index in [0.29, 0.717) is 18.5 Å². The molecule has 0 atom stereocenters. The van der Waals surface area contributed by atoms with Crippen LogP contribution in [-0.4, -0.2) is 21.9 Å². The van der Waals surface area contributed by atoms with E-state index in [0.717, 1.165) is 16.2 Å². The van der Waals surface area contributed by atoms with Gasteiger partial charge >= 0.3 is 0 Å². The third kappa shape index (κ3) is 3.61. The highest BCUT2D eigenvalue weighted by Gasteiger charge is 2.31. The lowest BCUT2D eigenvalue weighted by Crippen LogP contribution is -2.23. The normalized spacial score (nSPS) is 17.8. The predicted octanol–water partition coefficient (Wildman–Crippen LogP) is 4.53. The lowest BCUT2D eigenvalue weighted by atomic mass is 10.2. The summed E-state index contributed by atoms with van der Waals surface area (Å²) in [5.74, 6) is 0.670. The zero-order chi connectivity index (χ0) is 17.2. The van der Waals surface area contributed by atoms with Crippen LogP contribution in [-0.2, 0) is 6.54 Å². The van der Waals surface area contributed by atoms with Crippen molar-refractivity contribution in [3.8, 4) is 0 Å². The molecule has 0 bridgehead atoms. The van der Waals surface area contributed by atoms with Crippen LogP contribution in [0.4, 0.5) is 0 Å². The van der Waals surface area contributed by atoms with E-state index in [4.69, 9.17) is 5.10 Å². The van der Waals surface area contributed by atoms with E-state index in [9.17, 15) is 4.79 Å². The van der Waals surface area contributed by atoms with Gasteiger partial charge in [-0.25, -0.2) is 0 Å². The van der Waals surface area contributed by atoms with Crippen molar-refractivity contribution in [1.82, 2.24) is 15.1 Å². The molecule has 0 radical (unpaired) electrons. The summed E-state index contributed by atoms with van der Waals surface area (Å²) in [5.41, 5.74) is 3.12.